The van der Waals surface area contributed by atoms with Gasteiger partial charge in [-0.25, -0.2) is 19.3 Å². The van der Waals surface area contributed by atoms with Crippen LogP contribution in [0, 0.1) is 11.7 Å². The van der Waals surface area contributed by atoms with Gasteiger partial charge in [-0.15, -0.1) is 0 Å². The molecule has 180 valence electrons. The molecule has 0 aliphatic carbocycles. The van der Waals surface area contributed by atoms with E-state index in [4.69, 9.17) is 0 Å². The average molecular weight is 485 g/mol. The lowest BCUT2D eigenvalue weighted by atomic mass is 9.99. The maximum atomic E-state index is 15.0. The highest BCUT2D eigenvalue weighted by Crippen LogP contribution is 2.33. The molecule has 2 aromatic heterocycles. The van der Waals surface area contributed by atoms with Crippen LogP contribution in [0.3, 0.4) is 0 Å². The number of carboxylic acids is 1. The molecule has 3 heterocycles. The van der Waals surface area contributed by atoms with E-state index >= 15 is 0 Å². The highest BCUT2D eigenvalue weighted by molar-refractivity contribution is 5.81. The summed E-state index contributed by atoms with van der Waals surface area (Å²) >= 11 is 0. The molecule has 0 unspecified atom stereocenters. The van der Waals surface area contributed by atoms with Gasteiger partial charge in [0.15, 0.2) is 0 Å². The molecule has 1 atom stereocenters. The van der Waals surface area contributed by atoms with E-state index in [1.54, 1.807) is 18.5 Å². The third kappa shape index (κ3) is 4.53. The molecule has 0 spiro atoms. The molecule has 1 saturated heterocycles. The zero-order valence-corrected chi connectivity index (χ0v) is 18.2. The Labute approximate surface area is 196 Å². The second-order valence-electron chi connectivity index (χ2n) is 8.40. The monoisotopic (exact) mass is 485 g/mol. The van der Waals surface area contributed by atoms with E-state index in [0.29, 0.717) is 42.1 Å². The Kier molecular flexibility index (Phi) is 5.62. The highest BCUT2D eigenvalue weighted by Gasteiger charge is 2.31. The minimum atomic E-state index is -4.49. The number of aliphatic carboxylic acids is 1. The second-order valence-corrected chi connectivity index (χ2v) is 8.40. The number of hydrogen-bond donors (Lipinski definition) is 2. The summed E-state index contributed by atoms with van der Waals surface area (Å²) in [5.41, 5.74) is 0.820. The summed E-state index contributed by atoms with van der Waals surface area (Å²) in [5.74, 6) is -1.38. The van der Waals surface area contributed by atoms with E-state index in [0.717, 1.165) is 18.6 Å². The average Bonchev–Trinajstić information content (AvgIpc) is 3.27. The Morgan fingerprint density at radius 1 is 1.09 bits per heavy atom. The van der Waals surface area contributed by atoms with Gasteiger partial charge in [0, 0.05) is 31.0 Å². The fourth-order valence-electron chi connectivity index (χ4n) is 4.19. The third-order valence-electron chi connectivity index (χ3n) is 6.06. The molecule has 2 aromatic carbocycles. The summed E-state index contributed by atoms with van der Waals surface area (Å²) in [7, 11) is 0. The first-order chi connectivity index (χ1) is 16.7. The molecule has 1 fully saturated rings. The minimum absolute atomic E-state index is 0.115. The van der Waals surface area contributed by atoms with E-state index in [1.807, 2.05) is 4.90 Å². The Balaban J connectivity index is 1.38. The standard InChI is InChI=1S/C24H19F4N5O2/c25-18-8-13(15-10-29-23(30-11-15)33-7-1-2-14(12-33)22(34)35)3-5-17(18)21-31-19-6-4-16(24(26,27)28)9-20(19)32-21/h3-6,8-11,14H,1-2,7,12H2,(H,31,32)(H,34,35)/t14-/m1/s1. The Bertz CT molecular complexity index is 1400. The van der Waals surface area contributed by atoms with Gasteiger partial charge in [0.1, 0.15) is 11.6 Å². The summed E-state index contributed by atoms with van der Waals surface area (Å²) in [6, 6.07) is 7.53. The number of fused-ring (bicyclic) bond motifs is 1. The predicted octanol–water partition coefficient (Wildman–Crippen LogP) is 5.15. The Morgan fingerprint density at radius 3 is 2.54 bits per heavy atom. The van der Waals surface area contributed by atoms with Crippen LogP contribution in [-0.4, -0.2) is 44.1 Å². The summed E-state index contributed by atoms with van der Waals surface area (Å²) < 4.78 is 53.9. The van der Waals surface area contributed by atoms with Gasteiger partial charge in [0.2, 0.25) is 5.95 Å². The molecule has 4 aromatic rings. The number of anilines is 1. The van der Waals surface area contributed by atoms with Crippen LogP contribution in [0.1, 0.15) is 18.4 Å². The van der Waals surface area contributed by atoms with Gasteiger partial charge >= 0.3 is 12.1 Å². The van der Waals surface area contributed by atoms with Gasteiger partial charge in [0.25, 0.3) is 0 Å². The summed E-state index contributed by atoms with van der Waals surface area (Å²) in [4.78, 5) is 28.7. The first-order valence-corrected chi connectivity index (χ1v) is 10.9. The van der Waals surface area contributed by atoms with E-state index in [1.165, 1.54) is 18.2 Å². The van der Waals surface area contributed by atoms with Crippen molar-refractivity contribution in [3.05, 3.63) is 60.2 Å². The molecular formula is C24H19F4N5O2. The number of nitrogens with one attached hydrogen (secondary N) is 1. The molecule has 0 saturated carbocycles. The normalized spacial score (nSPS) is 16.6. The van der Waals surface area contributed by atoms with Crippen molar-refractivity contribution in [2.24, 2.45) is 5.92 Å². The number of carboxylic acid groups (broad SMARTS) is 1. The lowest BCUT2D eigenvalue weighted by molar-refractivity contribution is -0.142. The first-order valence-electron chi connectivity index (χ1n) is 10.9. The van der Waals surface area contributed by atoms with Crippen LogP contribution in [0.5, 0.6) is 0 Å². The largest absolute Gasteiger partial charge is 0.481 e. The number of alkyl halides is 3. The molecule has 7 nitrogen and oxygen atoms in total. The van der Waals surface area contributed by atoms with Crippen LogP contribution in [0.4, 0.5) is 23.5 Å². The van der Waals surface area contributed by atoms with Crippen LogP contribution in [-0.2, 0) is 11.0 Å². The minimum Gasteiger partial charge on any atom is -0.481 e. The lowest BCUT2D eigenvalue weighted by Crippen LogP contribution is -2.39. The molecule has 1 aliphatic rings. The van der Waals surface area contributed by atoms with Gasteiger partial charge in [-0.05, 0) is 48.7 Å². The van der Waals surface area contributed by atoms with E-state index in [9.17, 15) is 27.5 Å². The molecule has 0 radical (unpaired) electrons. The van der Waals surface area contributed by atoms with Crippen molar-refractivity contribution in [1.29, 1.82) is 0 Å². The second kappa shape index (κ2) is 8.64. The quantitative estimate of drug-likeness (QED) is 0.389. The predicted molar refractivity (Wildman–Crippen MR) is 120 cm³/mol. The maximum Gasteiger partial charge on any atom is 0.416 e. The molecule has 35 heavy (non-hydrogen) atoms. The van der Waals surface area contributed by atoms with Crippen molar-refractivity contribution in [1.82, 2.24) is 19.9 Å². The van der Waals surface area contributed by atoms with Gasteiger partial charge in [-0.3, -0.25) is 4.79 Å². The Morgan fingerprint density at radius 2 is 1.86 bits per heavy atom. The van der Waals surface area contributed by atoms with Gasteiger partial charge in [-0.2, -0.15) is 13.2 Å². The number of halogens is 4. The molecule has 1 aliphatic heterocycles. The van der Waals surface area contributed by atoms with E-state index in [2.05, 4.69) is 19.9 Å². The zero-order chi connectivity index (χ0) is 24.7. The number of aromatic nitrogens is 4. The fraction of sp³-hybridized carbons (Fsp3) is 0.250. The summed E-state index contributed by atoms with van der Waals surface area (Å²) in [5, 5.41) is 9.26. The van der Waals surface area contributed by atoms with Crippen molar-refractivity contribution in [2.75, 3.05) is 18.0 Å². The van der Waals surface area contributed by atoms with Crippen molar-refractivity contribution in [3.63, 3.8) is 0 Å². The number of benzene rings is 2. The molecule has 2 N–H and O–H groups in total. The summed E-state index contributed by atoms with van der Waals surface area (Å²) in [6.45, 7) is 0.994. The molecular weight excluding hydrogens is 466 g/mol. The van der Waals surface area contributed by atoms with Gasteiger partial charge in [-0.1, -0.05) is 6.07 Å². The maximum absolute atomic E-state index is 15.0. The van der Waals surface area contributed by atoms with Crippen LogP contribution >= 0.6 is 0 Å². The molecule has 0 bridgehead atoms. The van der Waals surface area contributed by atoms with Crippen LogP contribution in [0.15, 0.2) is 48.8 Å². The number of rotatable bonds is 4. The fourth-order valence-corrected chi connectivity index (χ4v) is 4.19. The van der Waals surface area contributed by atoms with Crippen LogP contribution < -0.4 is 4.90 Å². The number of aromatic amines is 1. The van der Waals surface area contributed by atoms with Crippen molar-refractivity contribution >= 4 is 23.0 Å². The summed E-state index contributed by atoms with van der Waals surface area (Å²) in [6.07, 6.45) is -0.0592. The molecule has 11 heteroatoms. The van der Waals surface area contributed by atoms with Gasteiger partial charge in [0.05, 0.1) is 28.1 Å². The number of H-pyrrole nitrogens is 1. The topological polar surface area (TPSA) is 95.0 Å². The molecule has 5 rings (SSSR count). The SMILES string of the molecule is O=C(O)[C@@H]1CCCN(c2ncc(-c3ccc(-c4nc5ccc(C(F)(F)F)cc5[nH]4)c(F)c3)cn2)C1. The smallest absolute Gasteiger partial charge is 0.416 e. The Hall–Kier alpha value is -4.02. The number of nitrogens with zero attached hydrogens (tertiary/aromatic N) is 4. The van der Waals surface area contributed by atoms with E-state index < -0.39 is 29.4 Å². The number of imidazole rings is 1. The number of hydrogen-bond acceptors (Lipinski definition) is 5. The third-order valence-corrected chi connectivity index (χ3v) is 6.06. The van der Waals surface area contributed by atoms with Crippen molar-refractivity contribution in [2.45, 2.75) is 19.0 Å². The zero-order valence-electron chi connectivity index (χ0n) is 18.2. The van der Waals surface area contributed by atoms with Crippen molar-refractivity contribution in [3.8, 4) is 22.5 Å². The number of carbonyl (C=O) groups is 1. The highest BCUT2D eigenvalue weighted by atomic mass is 19.4. The number of piperidine rings is 1. The molecule has 0 amide bonds. The van der Waals surface area contributed by atoms with Crippen molar-refractivity contribution < 1.29 is 27.5 Å². The lowest BCUT2D eigenvalue weighted by Gasteiger charge is -2.30. The van der Waals surface area contributed by atoms with Crippen LogP contribution in [0.25, 0.3) is 33.5 Å². The van der Waals surface area contributed by atoms with Gasteiger partial charge < -0.3 is 15.0 Å². The van der Waals surface area contributed by atoms with Crippen LogP contribution in [0.2, 0.25) is 0 Å². The van der Waals surface area contributed by atoms with E-state index in [-0.39, 0.29) is 16.9 Å². The first kappa shape index (κ1) is 22.8.